The van der Waals surface area contributed by atoms with Crippen LogP contribution in [0.3, 0.4) is 0 Å². The number of aryl methyl sites for hydroxylation is 1. The number of methoxy groups -OCH3 is 1. The molecule has 0 amide bonds. The molecule has 1 rings (SSSR count). The quantitative estimate of drug-likeness (QED) is 0.621. The summed E-state index contributed by atoms with van der Waals surface area (Å²) in [4.78, 5) is 10.9. The van der Waals surface area contributed by atoms with Crippen LogP contribution in [-0.2, 0) is 22.1 Å². The molecule has 19 heavy (non-hydrogen) atoms. The summed E-state index contributed by atoms with van der Waals surface area (Å²) < 4.78 is 68.0. The van der Waals surface area contributed by atoms with Gasteiger partial charge in [0.1, 0.15) is 0 Å². The van der Waals surface area contributed by atoms with E-state index in [4.69, 9.17) is 0 Å². The number of halogens is 5. The first-order valence-electron chi connectivity index (χ1n) is 5.31. The number of benzene rings is 1. The van der Waals surface area contributed by atoms with Crippen LogP contribution in [0.25, 0.3) is 0 Å². The summed E-state index contributed by atoms with van der Waals surface area (Å²) in [5.41, 5.74) is -2.78. The fourth-order valence-electron chi connectivity index (χ4n) is 1.69. The van der Waals surface area contributed by atoms with E-state index in [9.17, 15) is 26.7 Å². The summed E-state index contributed by atoms with van der Waals surface area (Å²) in [5, 5.41) is 0. The summed E-state index contributed by atoms with van der Waals surface area (Å²) >= 11 is 0. The topological polar surface area (TPSA) is 26.3 Å². The Hall–Kier alpha value is -1.66. The van der Waals surface area contributed by atoms with Crippen molar-refractivity contribution in [2.24, 2.45) is 0 Å². The maximum atomic E-state index is 12.8. The van der Waals surface area contributed by atoms with Crippen molar-refractivity contribution in [1.82, 2.24) is 0 Å². The van der Waals surface area contributed by atoms with Gasteiger partial charge < -0.3 is 4.74 Å². The molecule has 0 N–H and O–H groups in total. The smallest absolute Gasteiger partial charge is 0.417 e. The van der Waals surface area contributed by atoms with Gasteiger partial charge in [-0.3, -0.25) is 4.79 Å². The number of rotatable bonds is 4. The fourth-order valence-corrected chi connectivity index (χ4v) is 1.69. The highest BCUT2D eigenvalue weighted by Gasteiger charge is 2.37. The first-order valence-corrected chi connectivity index (χ1v) is 5.31. The third-order valence-electron chi connectivity index (χ3n) is 2.53. The van der Waals surface area contributed by atoms with Gasteiger partial charge >= 0.3 is 12.1 Å². The van der Waals surface area contributed by atoms with Gasteiger partial charge in [-0.2, -0.15) is 13.2 Å². The van der Waals surface area contributed by atoms with Gasteiger partial charge in [0.15, 0.2) is 0 Å². The molecule has 1 aromatic carbocycles. The number of hydrogen-bond acceptors (Lipinski definition) is 2. The second-order valence-corrected chi connectivity index (χ2v) is 3.76. The molecule has 0 aliphatic heterocycles. The van der Waals surface area contributed by atoms with Gasteiger partial charge in [0.25, 0.3) is 6.43 Å². The second kappa shape index (κ2) is 5.99. The zero-order valence-corrected chi connectivity index (χ0v) is 9.93. The van der Waals surface area contributed by atoms with Crippen LogP contribution in [0.2, 0.25) is 0 Å². The minimum absolute atomic E-state index is 0.299. The number of esters is 1. The predicted octanol–water partition coefficient (Wildman–Crippen LogP) is 3.75. The highest BCUT2D eigenvalue weighted by Crippen LogP contribution is 2.39. The molecule has 0 saturated heterocycles. The molecule has 1 aromatic rings. The van der Waals surface area contributed by atoms with E-state index in [1.165, 1.54) is 0 Å². The van der Waals surface area contributed by atoms with Crippen molar-refractivity contribution in [3.63, 3.8) is 0 Å². The molecule has 7 heteroatoms. The van der Waals surface area contributed by atoms with Crippen LogP contribution in [-0.4, -0.2) is 13.1 Å². The number of hydrogen-bond donors (Lipinski definition) is 0. The lowest BCUT2D eigenvalue weighted by atomic mass is 9.97. The second-order valence-electron chi connectivity index (χ2n) is 3.76. The number of carbonyl (C=O) groups excluding carboxylic acids is 1. The average molecular weight is 282 g/mol. The highest BCUT2D eigenvalue weighted by atomic mass is 19.4. The van der Waals surface area contributed by atoms with Gasteiger partial charge in [0, 0.05) is 12.0 Å². The van der Waals surface area contributed by atoms with Gasteiger partial charge in [-0.1, -0.05) is 18.2 Å². The zero-order chi connectivity index (χ0) is 14.6. The van der Waals surface area contributed by atoms with Gasteiger partial charge in [-0.05, 0) is 12.0 Å². The highest BCUT2D eigenvalue weighted by molar-refractivity contribution is 5.69. The van der Waals surface area contributed by atoms with E-state index in [1.54, 1.807) is 0 Å². The third-order valence-corrected chi connectivity index (χ3v) is 2.53. The Balaban J connectivity index is 3.16. The molecule has 0 radical (unpaired) electrons. The van der Waals surface area contributed by atoms with Crippen LogP contribution in [0.1, 0.15) is 29.5 Å². The maximum absolute atomic E-state index is 12.8. The summed E-state index contributed by atoms with van der Waals surface area (Å²) in [6.45, 7) is 0. The van der Waals surface area contributed by atoms with Gasteiger partial charge in [0.2, 0.25) is 0 Å². The van der Waals surface area contributed by atoms with E-state index in [1.807, 2.05) is 0 Å². The lowest BCUT2D eigenvalue weighted by Crippen LogP contribution is -2.14. The molecule has 2 nitrogen and oxygen atoms in total. The van der Waals surface area contributed by atoms with Crippen LogP contribution in [0, 0.1) is 0 Å². The summed E-state index contributed by atoms with van der Waals surface area (Å²) in [6.07, 6.45) is -8.72. The van der Waals surface area contributed by atoms with E-state index >= 15 is 0 Å². The standard InChI is InChI=1S/C12H11F5O2/c1-19-9(18)6-5-7-3-2-4-8(11(13)14)10(7)12(15,16)17/h2-4,11H,5-6H2,1H3. The molecule has 0 unspecified atom stereocenters. The Kier molecular flexibility index (Phi) is 4.85. The molecule has 0 heterocycles. The van der Waals surface area contributed by atoms with Crippen molar-refractivity contribution in [1.29, 1.82) is 0 Å². The Labute approximate surface area is 106 Å². The Morgan fingerprint density at radius 1 is 1.32 bits per heavy atom. The minimum Gasteiger partial charge on any atom is -0.469 e. The van der Waals surface area contributed by atoms with E-state index < -0.39 is 29.7 Å². The largest absolute Gasteiger partial charge is 0.469 e. The van der Waals surface area contributed by atoms with Crippen molar-refractivity contribution in [2.45, 2.75) is 25.4 Å². The van der Waals surface area contributed by atoms with Gasteiger partial charge in [0.05, 0.1) is 12.7 Å². The number of carbonyl (C=O) groups is 1. The third kappa shape index (κ3) is 3.90. The Morgan fingerprint density at radius 2 is 1.95 bits per heavy atom. The monoisotopic (exact) mass is 282 g/mol. The minimum atomic E-state index is -4.89. The first kappa shape index (κ1) is 15.4. The maximum Gasteiger partial charge on any atom is 0.417 e. The fraction of sp³-hybridized carbons (Fsp3) is 0.417. The van der Waals surface area contributed by atoms with Crippen LogP contribution < -0.4 is 0 Å². The van der Waals surface area contributed by atoms with Crippen molar-refractivity contribution in [3.8, 4) is 0 Å². The molecule has 0 aliphatic rings. The predicted molar refractivity (Wildman–Crippen MR) is 56.7 cm³/mol. The molecule has 0 bridgehead atoms. The zero-order valence-electron chi connectivity index (χ0n) is 9.93. The SMILES string of the molecule is COC(=O)CCc1cccc(C(F)F)c1C(F)(F)F. The molecule has 0 fully saturated rings. The van der Waals surface area contributed by atoms with Gasteiger partial charge in [-0.15, -0.1) is 0 Å². The van der Waals surface area contributed by atoms with Crippen LogP contribution in [0.5, 0.6) is 0 Å². The number of ether oxygens (including phenoxy) is 1. The molecule has 0 atom stereocenters. The Bertz CT molecular complexity index is 454. The van der Waals surface area contributed by atoms with Crippen LogP contribution in [0.4, 0.5) is 22.0 Å². The molecule has 0 saturated carbocycles. The molecular formula is C12H11F5O2. The lowest BCUT2D eigenvalue weighted by Gasteiger charge is -2.16. The van der Waals surface area contributed by atoms with E-state index in [0.29, 0.717) is 0 Å². The number of alkyl halides is 5. The van der Waals surface area contributed by atoms with Gasteiger partial charge in [-0.25, -0.2) is 8.78 Å². The van der Waals surface area contributed by atoms with E-state index in [2.05, 4.69) is 4.74 Å². The molecule has 0 aromatic heterocycles. The van der Waals surface area contributed by atoms with E-state index in [0.717, 1.165) is 25.3 Å². The normalized spacial score (nSPS) is 11.7. The van der Waals surface area contributed by atoms with Crippen molar-refractivity contribution in [2.75, 3.05) is 7.11 Å². The van der Waals surface area contributed by atoms with Crippen LogP contribution >= 0.6 is 0 Å². The van der Waals surface area contributed by atoms with Crippen molar-refractivity contribution in [3.05, 3.63) is 34.9 Å². The van der Waals surface area contributed by atoms with Crippen molar-refractivity contribution >= 4 is 5.97 Å². The summed E-state index contributed by atoms with van der Waals surface area (Å²) in [5.74, 6) is -0.699. The van der Waals surface area contributed by atoms with Crippen LogP contribution in [0.15, 0.2) is 18.2 Å². The summed E-state index contributed by atoms with van der Waals surface area (Å²) in [6, 6.07) is 2.93. The molecule has 0 aliphatic carbocycles. The lowest BCUT2D eigenvalue weighted by molar-refractivity contribution is -0.142. The average Bonchev–Trinajstić information content (AvgIpc) is 2.34. The molecular weight excluding hydrogens is 271 g/mol. The molecule has 106 valence electrons. The first-order chi connectivity index (χ1) is 8.77. The summed E-state index contributed by atoms with van der Waals surface area (Å²) in [7, 11) is 1.10. The Morgan fingerprint density at radius 3 is 2.42 bits per heavy atom. The van der Waals surface area contributed by atoms with Crippen molar-refractivity contribution < 1.29 is 31.5 Å². The van der Waals surface area contributed by atoms with E-state index in [-0.39, 0.29) is 18.4 Å². The molecule has 0 spiro atoms.